The van der Waals surface area contributed by atoms with E-state index in [0.29, 0.717) is 15.2 Å². The van der Waals surface area contributed by atoms with Crippen molar-refractivity contribution in [2.75, 3.05) is 0 Å². The van der Waals surface area contributed by atoms with Crippen molar-refractivity contribution < 1.29 is 9.90 Å². The molecular formula is C8H4ClNO3S. The number of benzene rings is 1. The normalized spacial score (nSPS) is 10.6. The van der Waals surface area contributed by atoms with Gasteiger partial charge < -0.3 is 10.1 Å². The third kappa shape index (κ3) is 1.40. The number of nitrogens with one attached hydrogen (secondary N) is 1. The Morgan fingerprint density at radius 2 is 2.21 bits per heavy atom. The van der Waals surface area contributed by atoms with Crippen molar-refractivity contribution in [1.29, 1.82) is 0 Å². The first-order valence-electron chi connectivity index (χ1n) is 3.63. The number of hydrogen-bond acceptors (Lipinski definition) is 3. The Morgan fingerprint density at radius 3 is 2.86 bits per heavy atom. The lowest BCUT2D eigenvalue weighted by Gasteiger charge is -1.97. The smallest absolute Gasteiger partial charge is 0.337 e. The van der Waals surface area contributed by atoms with Gasteiger partial charge in [-0.1, -0.05) is 22.9 Å². The molecule has 0 unspecified atom stereocenters. The zero-order valence-corrected chi connectivity index (χ0v) is 8.28. The fourth-order valence-corrected chi connectivity index (χ4v) is 2.27. The number of fused-ring (bicyclic) bond motifs is 1. The average molecular weight is 230 g/mol. The van der Waals surface area contributed by atoms with Crippen LogP contribution >= 0.6 is 22.9 Å². The van der Waals surface area contributed by atoms with Crippen molar-refractivity contribution in [3.8, 4) is 0 Å². The molecule has 2 N–H and O–H groups in total. The molecule has 0 aliphatic heterocycles. The molecule has 1 aromatic carbocycles. The molecule has 72 valence electrons. The summed E-state index contributed by atoms with van der Waals surface area (Å²) in [6.07, 6.45) is 0. The SMILES string of the molecule is O=C(O)c1cc(Cl)cc2sc(=O)[nH]c12. The first-order chi connectivity index (χ1) is 6.58. The Bertz CT molecular complexity index is 571. The summed E-state index contributed by atoms with van der Waals surface area (Å²) in [5.41, 5.74) is 0.350. The first kappa shape index (κ1) is 9.23. The Labute approximate surface area is 86.8 Å². The van der Waals surface area contributed by atoms with Crippen LogP contribution in [0.5, 0.6) is 0 Å². The maximum atomic E-state index is 11.0. The first-order valence-corrected chi connectivity index (χ1v) is 4.83. The fraction of sp³-hybridized carbons (Fsp3) is 0. The highest BCUT2D eigenvalue weighted by Crippen LogP contribution is 2.24. The number of aromatic nitrogens is 1. The minimum atomic E-state index is -1.11. The van der Waals surface area contributed by atoms with E-state index in [1.54, 1.807) is 6.07 Å². The van der Waals surface area contributed by atoms with Gasteiger partial charge in [0.1, 0.15) is 0 Å². The topological polar surface area (TPSA) is 70.2 Å². The van der Waals surface area contributed by atoms with E-state index in [0.717, 1.165) is 11.3 Å². The van der Waals surface area contributed by atoms with E-state index in [9.17, 15) is 9.59 Å². The molecule has 0 aliphatic carbocycles. The molecule has 0 spiro atoms. The van der Waals surface area contributed by atoms with Gasteiger partial charge in [-0.15, -0.1) is 0 Å². The lowest BCUT2D eigenvalue weighted by molar-refractivity contribution is 0.0699. The van der Waals surface area contributed by atoms with Gasteiger partial charge in [0.25, 0.3) is 0 Å². The fourth-order valence-electron chi connectivity index (χ4n) is 1.19. The van der Waals surface area contributed by atoms with Crippen LogP contribution in [0.15, 0.2) is 16.9 Å². The summed E-state index contributed by atoms with van der Waals surface area (Å²) in [5.74, 6) is -1.11. The van der Waals surface area contributed by atoms with Gasteiger partial charge in [-0.2, -0.15) is 0 Å². The van der Waals surface area contributed by atoms with Crippen LogP contribution in [0, 0.1) is 0 Å². The summed E-state index contributed by atoms with van der Waals surface area (Å²) in [6.45, 7) is 0. The lowest BCUT2D eigenvalue weighted by atomic mass is 10.2. The van der Waals surface area contributed by atoms with E-state index in [1.807, 2.05) is 0 Å². The molecule has 0 bridgehead atoms. The number of hydrogen-bond donors (Lipinski definition) is 2. The van der Waals surface area contributed by atoms with Gasteiger partial charge in [-0.3, -0.25) is 4.79 Å². The monoisotopic (exact) mass is 229 g/mol. The van der Waals surface area contributed by atoms with Gasteiger partial charge >= 0.3 is 10.8 Å². The predicted octanol–water partition coefficient (Wildman–Crippen LogP) is 1.94. The minimum absolute atomic E-state index is 0.0193. The van der Waals surface area contributed by atoms with Crippen molar-refractivity contribution in [1.82, 2.24) is 4.98 Å². The Morgan fingerprint density at radius 1 is 1.50 bits per heavy atom. The molecule has 0 saturated carbocycles. The zero-order valence-electron chi connectivity index (χ0n) is 6.70. The number of carbonyl (C=O) groups is 1. The number of aromatic carboxylic acids is 1. The highest BCUT2D eigenvalue weighted by molar-refractivity contribution is 7.16. The highest BCUT2D eigenvalue weighted by Gasteiger charge is 2.12. The summed E-state index contributed by atoms with van der Waals surface area (Å²) in [5, 5.41) is 9.15. The number of carboxylic acids is 1. The molecule has 0 saturated heterocycles. The Balaban J connectivity index is 2.92. The molecule has 0 aliphatic rings. The molecule has 6 heteroatoms. The number of halogens is 1. The maximum absolute atomic E-state index is 11.0. The van der Waals surface area contributed by atoms with Crippen LogP contribution in [0.25, 0.3) is 10.2 Å². The Hall–Kier alpha value is -1.33. The van der Waals surface area contributed by atoms with E-state index in [-0.39, 0.29) is 10.4 Å². The number of aromatic amines is 1. The van der Waals surface area contributed by atoms with Gasteiger partial charge in [0.2, 0.25) is 0 Å². The molecule has 0 amide bonds. The summed E-state index contributed by atoms with van der Waals surface area (Å²) < 4.78 is 0.555. The van der Waals surface area contributed by atoms with E-state index in [4.69, 9.17) is 16.7 Å². The van der Waals surface area contributed by atoms with Gasteiger partial charge in [0.05, 0.1) is 15.8 Å². The number of rotatable bonds is 1. The van der Waals surface area contributed by atoms with Crippen molar-refractivity contribution in [3.63, 3.8) is 0 Å². The molecule has 1 heterocycles. The molecule has 14 heavy (non-hydrogen) atoms. The molecule has 2 rings (SSSR count). The van der Waals surface area contributed by atoms with Crippen molar-refractivity contribution in [3.05, 3.63) is 32.4 Å². The number of H-pyrrole nitrogens is 1. The standard InChI is InChI=1S/C8H4ClNO3S/c9-3-1-4(7(11)12)6-5(2-3)14-8(13)10-6/h1-2H,(H,10,13)(H,11,12). The summed E-state index contributed by atoms with van der Waals surface area (Å²) in [4.78, 5) is 24.0. The van der Waals surface area contributed by atoms with Gasteiger partial charge in [-0.05, 0) is 12.1 Å². The van der Waals surface area contributed by atoms with Crippen LogP contribution in [0.1, 0.15) is 10.4 Å². The van der Waals surface area contributed by atoms with E-state index in [1.165, 1.54) is 6.07 Å². The van der Waals surface area contributed by atoms with Crippen molar-refractivity contribution in [2.24, 2.45) is 0 Å². The van der Waals surface area contributed by atoms with Crippen molar-refractivity contribution >= 4 is 39.1 Å². The lowest BCUT2D eigenvalue weighted by Crippen LogP contribution is -1.99. The van der Waals surface area contributed by atoms with Crippen LogP contribution in [0.4, 0.5) is 0 Å². The second-order valence-electron chi connectivity index (χ2n) is 2.65. The minimum Gasteiger partial charge on any atom is -0.478 e. The summed E-state index contributed by atoms with van der Waals surface area (Å²) >= 11 is 6.64. The van der Waals surface area contributed by atoms with Crippen LogP contribution in [-0.2, 0) is 0 Å². The van der Waals surface area contributed by atoms with E-state index >= 15 is 0 Å². The van der Waals surface area contributed by atoms with Gasteiger partial charge in [0, 0.05) is 5.02 Å². The largest absolute Gasteiger partial charge is 0.478 e. The quantitative estimate of drug-likeness (QED) is 0.785. The van der Waals surface area contributed by atoms with E-state index in [2.05, 4.69) is 4.98 Å². The third-order valence-electron chi connectivity index (χ3n) is 1.73. The Kier molecular flexibility index (Phi) is 2.05. The van der Waals surface area contributed by atoms with Gasteiger partial charge in [0.15, 0.2) is 0 Å². The molecule has 0 atom stereocenters. The molecule has 2 aromatic rings. The molecule has 0 fully saturated rings. The molecule has 1 aromatic heterocycles. The zero-order chi connectivity index (χ0) is 10.3. The average Bonchev–Trinajstić information content (AvgIpc) is 2.42. The number of thiazole rings is 1. The molecule has 0 radical (unpaired) electrons. The van der Waals surface area contributed by atoms with Crippen LogP contribution < -0.4 is 4.87 Å². The van der Waals surface area contributed by atoms with Crippen LogP contribution in [0.3, 0.4) is 0 Å². The summed E-state index contributed by atoms with van der Waals surface area (Å²) in [6, 6.07) is 2.88. The van der Waals surface area contributed by atoms with Gasteiger partial charge in [-0.25, -0.2) is 4.79 Å². The number of carboxylic acid groups (broad SMARTS) is 1. The van der Waals surface area contributed by atoms with Crippen molar-refractivity contribution in [2.45, 2.75) is 0 Å². The second kappa shape index (κ2) is 3.11. The predicted molar refractivity (Wildman–Crippen MR) is 54.4 cm³/mol. The highest BCUT2D eigenvalue weighted by atomic mass is 35.5. The third-order valence-corrected chi connectivity index (χ3v) is 2.77. The van der Waals surface area contributed by atoms with E-state index < -0.39 is 5.97 Å². The maximum Gasteiger partial charge on any atom is 0.337 e. The summed E-state index contributed by atoms with van der Waals surface area (Å²) in [7, 11) is 0. The second-order valence-corrected chi connectivity index (χ2v) is 4.10. The molecular weight excluding hydrogens is 226 g/mol. The van der Waals surface area contributed by atoms with Crippen LogP contribution in [0.2, 0.25) is 5.02 Å². The molecule has 4 nitrogen and oxygen atoms in total. The van der Waals surface area contributed by atoms with Crippen LogP contribution in [-0.4, -0.2) is 16.1 Å².